The van der Waals surface area contributed by atoms with Crippen LogP contribution in [0.25, 0.3) is 0 Å². The Labute approximate surface area is 87.8 Å². The van der Waals surface area contributed by atoms with Crippen LogP contribution in [0.1, 0.15) is 51.9 Å². The van der Waals surface area contributed by atoms with E-state index >= 15 is 0 Å². The number of rotatable bonds is 6. The molecule has 2 heteroatoms. The van der Waals surface area contributed by atoms with Crippen LogP contribution in [0, 0.1) is 0 Å². The number of unbranched alkanes of at least 4 members (excludes halogenated alkanes) is 1. The minimum absolute atomic E-state index is 0.427. The van der Waals surface area contributed by atoms with Crippen LogP contribution in [0.15, 0.2) is 0 Å². The summed E-state index contributed by atoms with van der Waals surface area (Å²) in [4.78, 5) is 2.75. The standard InChI is InChI=1S/C12H24N2/c1-2-3-9-14(11-5-6-11)12(10-13)7-4-8-12/h11H,2-10,13H2,1H3. The molecule has 2 aliphatic carbocycles. The first-order valence-corrected chi connectivity index (χ1v) is 6.29. The van der Waals surface area contributed by atoms with Gasteiger partial charge in [-0.1, -0.05) is 13.3 Å². The molecule has 2 N–H and O–H groups in total. The summed E-state index contributed by atoms with van der Waals surface area (Å²) in [6, 6.07) is 0.894. The molecule has 0 atom stereocenters. The molecule has 0 radical (unpaired) electrons. The molecule has 0 saturated heterocycles. The van der Waals surface area contributed by atoms with Gasteiger partial charge in [0.25, 0.3) is 0 Å². The van der Waals surface area contributed by atoms with Gasteiger partial charge >= 0.3 is 0 Å². The molecule has 0 aromatic rings. The van der Waals surface area contributed by atoms with Gasteiger partial charge in [0, 0.05) is 18.1 Å². The molecule has 0 unspecified atom stereocenters. The molecule has 0 aliphatic heterocycles. The third kappa shape index (κ3) is 1.82. The van der Waals surface area contributed by atoms with Crippen molar-refractivity contribution in [3.63, 3.8) is 0 Å². The number of hydrogen-bond acceptors (Lipinski definition) is 2. The van der Waals surface area contributed by atoms with Crippen LogP contribution in [-0.4, -0.2) is 29.6 Å². The number of hydrogen-bond donors (Lipinski definition) is 1. The molecule has 14 heavy (non-hydrogen) atoms. The lowest BCUT2D eigenvalue weighted by atomic mass is 9.75. The van der Waals surface area contributed by atoms with Gasteiger partial charge in [0.05, 0.1) is 0 Å². The van der Waals surface area contributed by atoms with Crippen molar-refractivity contribution in [2.24, 2.45) is 5.73 Å². The molecule has 82 valence electrons. The van der Waals surface area contributed by atoms with Crippen LogP contribution in [0.2, 0.25) is 0 Å². The Bertz CT molecular complexity index is 177. The van der Waals surface area contributed by atoms with Crippen molar-refractivity contribution >= 4 is 0 Å². The lowest BCUT2D eigenvalue weighted by Gasteiger charge is -2.50. The monoisotopic (exact) mass is 196 g/mol. The van der Waals surface area contributed by atoms with Gasteiger partial charge in [-0.3, -0.25) is 4.90 Å². The highest BCUT2D eigenvalue weighted by Crippen LogP contribution is 2.43. The topological polar surface area (TPSA) is 29.3 Å². The highest BCUT2D eigenvalue weighted by molar-refractivity contribution is 5.03. The molecular weight excluding hydrogens is 172 g/mol. The summed E-state index contributed by atoms with van der Waals surface area (Å²) < 4.78 is 0. The molecule has 0 amide bonds. The van der Waals surface area contributed by atoms with Gasteiger partial charge < -0.3 is 5.73 Å². The fraction of sp³-hybridized carbons (Fsp3) is 1.00. The first-order chi connectivity index (χ1) is 6.82. The van der Waals surface area contributed by atoms with Gasteiger partial charge in [0.1, 0.15) is 0 Å². The van der Waals surface area contributed by atoms with Crippen LogP contribution < -0.4 is 5.73 Å². The molecule has 0 aromatic carbocycles. The van der Waals surface area contributed by atoms with Crippen LogP contribution >= 0.6 is 0 Å². The maximum atomic E-state index is 5.97. The zero-order valence-electron chi connectivity index (χ0n) is 9.47. The predicted molar refractivity (Wildman–Crippen MR) is 60.3 cm³/mol. The smallest absolute Gasteiger partial charge is 0.0334 e. The van der Waals surface area contributed by atoms with E-state index in [1.807, 2.05) is 0 Å². The minimum atomic E-state index is 0.427. The van der Waals surface area contributed by atoms with E-state index in [1.54, 1.807) is 0 Å². The summed E-state index contributed by atoms with van der Waals surface area (Å²) in [5.74, 6) is 0. The maximum Gasteiger partial charge on any atom is 0.0334 e. The summed E-state index contributed by atoms with van der Waals surface area (Å²) in [7, 11) is 0. The Kier molecular flexibility index (Phi) is 3.13. The lowest BCUT2D eigenvalue weighted by molar-refractivity contribution is 0.0151. The Hall–Kier alpha value is -0.0800. The molecule has 2 rings (SSSR count). The summed E-state index contributed by atoms with van der Waals surface area (Å²) in [5, 5.41) is 0. The Morgan fingerprint density at radius 3 is 2.43 bits per heavy atom. The second-order valence-corrected chi connectivity index (χ2v) is 5.06. The fourth-order valence-corrected chi connectivity index (χ4v) is 2.72. The minimum Gasteiger partial charge on any atom is -0.329 e. The van der Waals surface area contributed by atoms with Crippen molar-refractivity contribution in [2.75, 3.05) is 13.1 Å². The van der Waals surface area contributed by atoms with Gasteiger partial charge in [-0.25, -0.2) is 0 Å². The van der Waals surface area contributed by atoms with Gasteiger partial charge in [0.15, 0.2) is 0 Å². The average Bonchev–Trinajstić information content (AvgIpc) is 2.92. The molecule has 0 bridgehead atoms. The van der Waals surface area contributed by atoms with Crippen LogP contribution in [0.4, 0.5) is 0 Å². The molecule has 2 saturated carbocycles. The molecule has 2 nitrogen and oxygen atoms in total. The van der Waals surface area contributed by atoms with Crippen molar-refractivity contribution in [3.8, 4) is 0 Å². The fourth-order valence-electron chi connectivity index (χ4n) is 2.72. The summed E-state index contributed by atoms with van der Waals surface area (Å²) in [6.45, 7) is 4.45. The molecule has 0 aromatic heterocycles. The van der Waals surface area contributed by atoms with Gasteiger partial charge in [-0.15, -0.1) is 0 Å². The largest absolute Gasteiger partial charge is 0.329 e. The third-order valence-electron chi connectivity index (χ3n) is 4.01. The Morgan fingerprint density at radius 2 is 2.07 bits per heavy atom. The molecule has 2 fully saturated rings. The van der Waals surface area contributed by atoms with E-state index in [-0.39, 0.29) is 0 Å². The van der Waals surface area contributed by atoms with E-state index in [1.165, 1.54) is 51.5 Å². The van der Waals surface area contributed by atoms with E-state index in [0.717, 1.165) is 12.6 Å². The van der Waals surface area contributed by atoms with Gasteiger partial charge in [0.2, 0.25) is 0 Å². The van der Waals surface area contributed by atoms with E-state index in [9.17, 15) is 0 Å². The zero-order chi connectivity index (χ0) is 10.0. The van der Waals surface area contributed by atoms with Crippen molar-refractivity contribution in [2.45, 2.75) is 63.5 Å². The lowest BCUT2D eigenvalue weighted by Crippen LogP contribution is -2.59. The van der Waals surface area contributed by atoms with Gasteiger partial charge in [-0.05, 0) is 45.1 Å². The number of nitrogens with two attached hydrogens (primary N) is 1. The molecule has 0 heterocycles. The van der Waals surface area contributed by atoms with Crippen molar-refractivity contribution < 1.29 is 0 Å². The molecule has 2 aliphatic rings. The van der Waals surface area contributed by atoms with Crippen LogP contribution in [-0.2, 0) is 0 Å². The predicted octanol–water partition coefficient (Wildman–Crippen LogP) is 2.13. The first kappa shape index (κ1) is 10.4. The maximum absolute atomic E-state index is 5.97. The van der Waals surface area contributed by atoms with Gasteiger partial charge in [-0.2, -0.15) is 0 Å². The molecule has 0 spiro atoms. The van der Waals surface area contributed by atoms with Crippen LogP contribution in [0.3, 0.4) is 0 Å². The summed E-state index contributed by atoms with van der Waals surface area (Å²) >= 11 is 0. The Balaban J connectivity index is 1.93. The third-order valence-corrected chi connectivity index (χ3v) is 4.01. The highest BCUT2D eigenvalue weighted by Gasteiger charge is 2.46. The van der Waals surface area contributed by atoms with Crippen molar-refractivity contribution in [3.05, 3.63) is 0 Å². The Morgan fingerprint density at radius 1 is 1.36 bits per heavy atom. The van der Waals surface area contributed by atoms with E-state index in [4.69, 9.17) is 5.73 Å². The summed E-state index contributed by atoms with van der Waals surface area (Å²) in [6.07, 6.45) is 9.60. The zero-order valence-corrected chi connectivity index (χ0v) is 9.47. The normalized spacial score (nSPS) is 25.1. The average molecular weight is 196 g/mol. The molecular formula is C12H24N2. The first-order valence-electron chi connectivity index (χ1n) is 6.29. The van der Waals surface area contributed by atoms with Crippen LogP contribution in [0.5, 0.6) is 0 Å². The second kappa shape index (κ2) is 4.19. The van der Waals surface area contributed by atoms with E-state index in [0.29, 0.717) is 5.54 Å². The van der Waals surface area contributed by atoms with Crippen molar-refractivity contribution in [1.29, 1.82) is 0 Å². The van der Waals surface area contributed by atoms with E-state index in [2.05, 4.69) is 11.8 Å². The number of nitrogens with zero attached hydrogens (tertiary/aromatic N) is 1. The van der Waals surface area contributed by atoms with E-state index < -0.39 is 0 Å². The quantitative estimate of drug-likeness (QED) is 0.705. The summed E-state index contributed by atoms with van der Waals surface area (Å²) in [5.41, 5.74) is 6.39. The van der Waals surface area contributed by atoms with Crippen molar-refractivity contribution in [1.82, 2.24) is 4.90 Å². The second-order valence-electron chi connectivity index (χ2n) is 5.06. The SMILES string of the molecule is CCCCN(C1CC1)C1(CN)CCC1. The highest BCUT2D eigenvalue weighted by atomic mass is 15.3.